The summed E-state index contributed by atoms with van der Waals surface area (Å²) in [7, 11) is 11.6. The van der Waals surface area contributed by atoms with Crippen LogP contribution in [0.1, 0.15) is 19.4 Å². The molecule has 0 amide bonds. The number of aromatic hydroxyl groups is 1. The highest BCUT2D eigenvalue weighted by Crippen LogP contribution is 2.28. The van der Waals surface area contributed by atoms with Crippen LogP contribution in [0.5, 0.6) is 11.5 Å². The van der Waals surface area contributed by atoms with E-state index in [9.17, 15) is 5.11 Å². The largest absolute Gasteiger partial charge is 0.507 e. The number of ether oxygens (including phenoxy) is 1. The zero-order valence-corrected chi connectivity index (χ0v) is 20.3. The van der Waals surface area contributed by atoms with Crippen molar-refractivity contribution in [2.45, 2.75) is 45.2 Å². The average Bonchev–Trinajstić information content (AvgIpc) is 3.44. The second-order valence-electron chi connectivity index (χ2n) is 9.06. The molecule has 0 unspecified atom stereocenters. The van der Waals surface area contributed by atoms with Crippen molar-refractivity contribution in [1.29, 1.82) is 0 Å². The Morgan fingerprint density at radius 3 is 1.91 bits per heavy atom. The maximum atomic E-state index is 9.57. The van der Waals surface area contributed by atoms with Crippen molar-refractivity contribution in [1.82, 2.24) is 9.13 Å². The molecule has 174 valence electrons. The first-order chi connectivity index (χ1) is 16.9. The molecule has 35 heavy (non-hydrogen) atoms. The number of phenols is 1. The molecule has 0 aliphatic heterocycles. The Morgan fingerprint density at radius 2 is 1.29 bits per heavy atom. The lowest BCUT2D eigenvalue weighted by Crippen LogP contribution is -2.01. The first-order valence-electron chi connectivity index (χ1n) is 11.9. The van der Waals surface area contributed by atoms with E-state index in [4.69, 9.17) is 20.4 Å². The third-order valence-corrected chi connectivity index (χ3v) is 5.77. The van der Waals surface area contributed by atoms with Crippen LogP contribution in [0.3, 0.4) is 0 Å². The molecule has 0 spiro atoms. The summed E-state index contributed by atoms with van der Waals surface area (Å²) in [5, 5.41) is 11.6. The predicted molar refractivity (Wildman–Crippen MR) is 147 cm³/mol. The quantitative estimate of drug-likeness (QED) is 0.281. The van der Waals surface area contributed by atoms with Gasteiger partial charge in [0, 0.05) is 36.3 Å². The van der Waals surface area contributed by atoms with Gasteiger partial charge in [0.1, 0.15) is 18.1 Å². The smallest absolute Gasteiger partial charge is 0.129 e. The number of rotatable bonds is 7. The lowest BCUT2D eigenvalue weighted by Gasteiger charge is -2.10. The minimum Gasteiger partial charge on any atom is -0.507 e. The van der Waals surface area contributed by atoms with Crippen molar-refractivity contribution in [3.8, 4) is 11.5 Å². The molecule has 0 fully saturated rings. The summed E-state index contributed by atoms with van der Waals surface area (Å²) in [4.78, 5) is 0. The Morgan fingerprint density at radius 1 is 0.714 bits per heavy atom. The number of fused-ring (bicyclic) bond motifs is 2. The van der Waals surface area contributed by atoms with Gasteiger partial charge in [-0.15, -0.1) is 0 Å². The standard InChI is InChI=1S/C18H18BNO.C11H12BNO/c1-14(19)12-20-11-10-16-17(20)8-5-9-18(16)21-13-15-6-3-2-4-7-15;1-8(12)7-13-6-5-9-10(13)3-2-4-11(9)14/h2-11,14H,12-13H2,1H3;2-6,8,14H,7H2,1H3/t14-;8-/m11/s1. The van der Waals surface area contributed by atoms with E-state index >= 15 is 0 Å². The van der Waals surface area contributed by atoms with Crippen LogP contribution in [0, 0.1) is 0 Å². The molecule has 2 atom stereocenters. The van der Waals surface area contributed by atoms with Crippen molar-refractivity contribution in [3.63, 3.8) is 0 Å². The van der Waals surface area contributed by atoms with Gasteiger partial charge in [0.2, 0.25) is 0 Å². The fourth-order valence-corrected chi connectivity index (χ4v) is 4.20. The Hall–Kier alpha value is -3.53. The molecular weight excluding hydrogens is 430 g/mol. The monoisotopic (exact) mass is 460 g/mol. The van der Waals surface area contributed by atoms with E-state index < -0.39 is 0 Å². The van der Waals surface area contributed by atoms with Gasteiger partial charge in [0.25, 0.3) is 0 Å². The molecule has 0 aliphatic carbocycles. The summed E-state index contributed by atoms with van der Waals surface area (Å²) < 4.78 is 10.2. The van der Waals surface area contributed by atoms with Gasteiger partial charge in [-0.1, -0.05) is 67.9 Å². The Labute approximate surface area is 210 Å². The van der Waals surface area contributed by atoms with Crippen molar-refractivity contribution < 1.29 is 9.84 Å². The van der Waals surface area contributed by atoms with Gasteiger partial charge in [-0.25, -0.2) is 0 Å². The van der Waals surface area contributed by atoms with Crippen LogP contribution in [-0.4, -0.2) is 29.9 Å². The van der Waals surface area contributed by atoms with E-state index in [0.29, 0.717) is 12.4 Å². The van der Waals surface area contributed by atoms with Gasteiger partial charge in [-0.3, -0.25) is 0 Å². The molecule has 2 heterocycles. The molecular formula is C29H30B2N2O2. The Bertz CT molecular complexity index is 1370. The minimum absolute atomic E-state index is 0.118. The molecule has 5 rings (SSSR count). The zero-order valence-electron chi connectivity index (χ0n) is 20.3. The summed E-state index contributed by atoms with van der Waals surface area (Å²) in [6, 6.07) is 25.9. The van der Waals surface area contributed by atoms with E-state index in [1.165, 1.54) is 5.56 Å². The summed E-state index contributed by atoms with van der Waals surface area (Å²) in [6.07, 6.45) is 4.02. The summed E-state index contributed by atoms with van der Waals surface area (Å²) >= 11 is 0. The number of phenolic OH excluding ortho intramolecular Hbond substituents is 1. The van der Waals surface area contributed by atoms with Crippen molar-refractivity contribution in [2.24, 2.45) is 0 Å². The Kier molecular flexibility index (Phi) is 7.91. The zero-order chi connectivity index (χ0) is 24.8. The maximum absolute atomic E-state index is 9.57. The average molecular weight is 460 g/mol. The van der Waals surface area contributed by atoms with Crippen LogP contribution >= 0.6 is 0 Å². The molecule has 0 saturated heterocycles. The van der Waals surface area contributed by atoms with Gasteiger partial charge in [0.15, 0.2) is 0 Å². The highest BCUT2D eigenvalue weighted by atomic mass is 16.5. The number of hydrogen-bond donors (Lipinski definition) is 1. The van der Waals surface area contributed by atoms with Crippen LogP contribution in [0.4, 0.5) is 0 Å². The number of aromatic nitrogens is 2. The summed E-state index contributed by atoms with van der Waals surface area (Å²) in [5.74, 6) is 1.49. The van der Waals surface area contributed by atoms with Crippen LogP contribution in [0.25, 0.3) is 21.8 Å². The van der Waals surface area contributed by atoms with Crippen LogP contribution in [-0.2, 0) is 19.7 Å². The highest BCUT2D eigenvalue weighted by molar-refractivity contribution is 6.11. The first kappa shape index (κ1) is 24.6. The van der Waals surface area contributed by atoms with E-state index in [1.54, 1.807) is 6.07 Å². The SMILES string of the molecule is [B][C@H](C)Cn1ccc2c(O)cccc21.[B][C@H](C)Cn1ccc2c(OCc3ccccc3)cccc21. The summed E-state index contributed by atoms with van der Waals surface area (Å²) in [6.45, 7) is 6.15. The molecule has 4 radical (unpaired) electrons. The second kappa shape index (κ2) is 11.3. The lowest BCUT2D eigenvalue weighted by atomic mass is 9.90. The number of benzene rings is 3. The van der Waals surface area contributed by atoms with Crippen LogP contribution < -0.4 is 4.74 Å². The van der Waals surface area contributed by atoms with E-state index in [-0.39, 0.29) is 11.6 Å². The van der Waals surface area contributed by atoms with Gasteiger partial charge in [0.05, 0.1) is 26.7 Å². The first-order valence-corrected chi connectivity index (χ1v) is 11.9. The van der Waals surface area contributed by atoms with Gasteiger partial charge >= 0.3 is 0 Å². The number of nitrogens with zero attached hydrogens (tertiary/aromatic N) is 2. The van der Waals surface area contributed by atoms with E-state index in [0.717, 1.165) is 40.6 Å². The fourth-order valence-electron chi connectivity index (χ4n) is 4.20. The van der Waals surface area contributed by atoms with Gasteiger partial charge < -0.3 is 19.0 Å². The van der Waals surface area contributed by atoms with Crippen LogP contribution in [0.15, 0.2) is 91.3 Å². The Balaban J connectivity index is 0.000000179. The van der Waals surface area contributed by atoms with Gasteiger partial charge in [-0.2, -0.15) is 0 Å². The van der Waals surface area contributed by atoms with Gasteiger partial charge in [-0.05, 0) is 42.0 Å². The third-order valence-electron chi connectivity index (χ3n) is 5.77. The summed E-state index contributed by atoms with van der Waals surface area (Å²) in [5.41, 5.74) is 3.37. The maximum Gasteiger partial charge on any atom is 0.129 e. The molecule has 3 aromatic carbocycles. The third kappa shape index (κ3) is 6.13. The van der Waals surface area contributed by atoms with Crippen LogP contribution in [0.2, 0.25) is 11.6 Å². The molecule has 4 nitrogen and oxygen atoms in total. The van der Waals surface area contributed by atoms with Crippen molar-refractivity contribution in [2.75, 3.05) is 0 Å². The molecule has 0 aliphatic rings. The van der Waals surface area contributed by atoms with E-state index in [2.05, 4.69) is 39.6 Å². The van der Waals surface area contributed by atoms with Crippen molar-refractivity contribution >= 4 is 37.5 Å². The number of hydrogen-bond acceptors (Lipinski definition) is 2. The molecule has 2 aromatic heterocycles. The predicted octanol–water partition coefficient (Wildman–Crippen LogP) is 6.52. The molecule has 6 heteroatoms. The molecule has 1 N–H and O–H groups in total. The fraction of sp³-hybridized carbons (Fsp3) is 0.241. The van der Waals surface area contributed by atoms with Crippen molar-refractivity contribution in [3.05, 3.63) is 96.8 Å². The topological polar surface area (TPSA) is 39.3 Å². The lowest BCUT2D eigenvalue weighted by molar-refractivity contribution is 0.310. The normalized spacial score (nSPS) is 12.7. The minimum atomic E-state index is 0.118. The highest BCUT2D eigenvalue weighted by Gasteiger charge is 2.08. The second-order valence-corrected chi connectivity index (χ2v) is 9.06. The molecule has 5 aromatic rings. The molecule has 0 bridgehead atoms. The molecule has 0 saturated carbocycles. The van der Waals surface area contributed by atoms with E-state index in [1.807, 2.05) is 68.6 Å².